The van der Waals surface area contributed by atoms with Gasteiger partial charge in [0.25, 0.3) is 0 Å². The fraction of sp³-hybridized carbons (Fsp3) is 0.571. The molecule has 8 heteroatoms. The highest BCUT2D eigenvalue weighted by Gasteiger charge is 2.39. The van der Waals surface area contributed by atoms with Crippen LogP contribution in [0.2, 0.25) is 5.02 Å². The van der Waals surface area contributed by atoms with Crippen molar-refractivity contribution in [3.8, 4) is 0 Å². The van der Waals surface area contributed by atoms with Gasteiger partial charge in [-0.1, -0.05) is 35.9 Å². The summed E-state index contributed by atoms with van der Waals surface area (Å²) in [6, 6.07) is 1.92. The quantitative estimate of drug-likeness (QED) is 0.185. The molecule has 1 fully saturated rings. The van der Waals surface area contributed by atoms with Crippen molar-refractivity contribution in [1.82, 2.24) is 0 Å². The third kappa shape index (κ3) is 8.30. The second kappa shape index (κ2) is 12.4. The van der Waals surface area contributed by atoms with Gasteiger partial charge < -0.3 is 20.4 Å². The van der Waals surface area contributed by atoms with Gasteiger partial charge in [-0.25, -0.2) is 0 Å². The fourth-order valence-electron chi connectivity index (χ4n) is 3.63. The number of allylic oxidation sites excluding steroid dienone is 2. The minimum atomic E-state index is -0.799. The van der Waals surface area contributed by atoms with Crippen LogP contribution in [0.3, 0.4) is 0 Å². The number of carboxylic acids is 1. The molecular formula is C21H28ClIO5S. The van der Waals surface area contributed by atoms with Crippen LogP contribution < -0.4 is 0 Å². The summed E-state index contributed by atoms with van der Waals surface area (Å²) < 4.78 is 1.12. The molecule has 162 valence electrons. The Morgan fingerprint density at radius 1 is 1.34 bits per heavy atom. The van der Waals surface area contributed by atoms with Crippen LogP contribution in [-0.2, 0) is 11.2 Å². The van der Waals surface area contributed by atoms with Crippen molar-refractivity contribution in [3.63, 3.8) is 0 Å². The first-order chi connectivity index (χ1) is 13.8. The van der Waals surface area contributed by atoms with Gasteiger partial charge in [-0.2, -0.15) is 0 Å². The van der Waals surface area contributed by atoms with Crippen molar-refractivity contribution in [2.24, 2.45) is 11.8 Å². The molecule has 0 bridgehead atoms. The van der Waals surface area contributed by atoms with Crippen LogP contribution in [0.25, 0.3) is 0 Å². The van der Waals surface area contributed by atoms with Crippen molar-refractivity contribution in [3.05, 3.63) is 43.2 Å². The van der Waals surface area contributed by atoms with Gasteiger partial charge >= 0.3 is 5.97 Å². The van der Waals surface area contributed by atoms with E-state index in [1.54, 1.807) is 17.4 Å². The zero-order chi connectivity index (χ0) is 21.4. The summed E-state index contributed by atoms with van der Waals surface area (Å²) in [6.45, 7) is 0. The number of carboxylic acid groups (broad SMARTS) is 1. The Balaban J connectivity index is 1.84. The smallest absolute Gasteiger partial charge is 0.303 e. The van der Waals surface area contributed by atoms with E-state index in [1.165, 1.54) is 0 Å². The Bertz CT molecular complexity index is 720. The van der Waals surface area contributed by atoms with Crippen molar-refractivity contribution >= 4 is 51.5 Å². The number of aryl methyl sites for hydroxylation is 1. The predicted octanol–water partition coefficient (Wildman–Crippen LogP) is 4.41. The standard InChI is InChI=1S/C21H28ClIO5S/c22-16-11-20(23)29-19(16)10-8-13(24)7-9-15-14(17(25)12-18(15)26)5-3-1-2-4-6-21(27)28/h1,3,7,9,11,13-15,17-18,24-26H,2,4-6,8,10,12H2,(H,27,28)/b3-1+,9-7+/t13-,14-,15-,17+,18-/m1/s1. The molecule has 0 spiro atoms. The topological polar surface area (TPSA) is 98.0 Å². The molecule has 0 aromatic carbocycles. The highest BCUT2D eigenvalue weighted by atomic mass is 127. The van der Waals surface area contributed by atoms with Gasteiger partial charge in [-0.15, -0.1) is 11.3 Å². The second-order valence-corrected chi connectivity index (χ2v) is 10.9. The van der Waals surface area contributed by atoms with Crippen molar-refractivity contribution in [2.45, 2.75) is 63.3 Å². The molecule has 1 saturated carbocycles. The van der Waals surface area contributed by atoms with E-state index < -0.39 is 24.3 Å². The summed E-state index contributed by atoms with van der Waals surface area (Å²) in [5, 5.41) is 40.2. The zero-order valence-corrected chi connectivity index (χ0v) is 19.8. The molecule has 0 amide bonds. The molecule has 1 aliphatic rings. The van der Waals surface area contributed by atoms with Crippen LogP contribution in [0.5, 0.6) is 0 Å². The molecule has 5 nitrogen and oxygen atoms in total. The fourth-order valence-corrected chi connectivity index (χ4v) is 6.09. The highest BCUT2D eigenvalue weighted by molar-refractivity contribution is 14.1. The van der Waals surface area contributed by atoms with Gasteiger partial charge in [0.05, 0.1) is 26.2 Å². The van der Waals surface area contributed by atoms with E-state index in [9.17, 15) is 20.1 Å². The molecule has 1 aliphatic carbocycles. The van der Waals surface area contributed by atoms with E-state index in [0.717, 1.165) is 12.8 Å². The van der Waals surface area contributed by atoms with Gasteiger partial charge in [-0.05, 0) is 66.7 Å². The number of aliphatic hydroxyl groups excluding tert-OH is 3. The van der Waals surface area contributed by atoms with Crippen molar-refractivity contribution < 1.29 is 25.2 Å². The van der Waals surface area contributed by atoms with Crippen LogP contribution in [-0.4, -0.2) is 44.7 Å². The maximum Gasteiger partial charge on any atom is 0.303 e. The number of hydrogen-bond acceptors (Lipinski definition) is 5. The third-order valence-electron chi connectivity index (χ3n) is 5.20. The van der Waals surface area contributed by atoms with E-state index in [0.29, 0.717) is 38.5 Å². The molecule has 1 aromatic rings. The summed E-state index contributed by atoms with van der Waals surface area (Å²) in [5.41, 5.74) is 0. The SMILES string of the molecule is O=C(O)CCC/C=C/C[C@@H]1[C@@H](/C=C/[C@@H](O)CCc2sc(I)cc2Cl)[C@H](O)C[C@@H]1O. The Kier molecular flexibility index (Phi) is 10.6. The van der Waals surface area contributed by atoms with E-state index in [2.05, 4.69) is 22.6 Å². The third-order valence-corrected chi connectivity index (χ3v) is 7.61. The molecule has 1 aromatic heterocycles. The zero-order valence-electron chi connectivity index (χ0n) is 16.1. The van der Waals surface area contributed by atoms with E-state index in [4.69, 9.17) is 16.7 Å². The first-order valence-electron chi connectivity index (χ1n) is 9.81. The normalized spacial score (nSPS) is 26.0. The number of hydrogen-bond donors (Lipinski definition) is 4. The van der Waals surface area contributed by atoms with Gasteiger partial charge in [0, 0.05) is 23.6 Å². The summed E-state index contributed by atoms with van der Waals surface area (Å²) in [6.07, 6.45) is 9.15. The first-order valence-corrected chi connectivity index (χ1v) is 12.1. The molecule has 1 heterocycles. The number of thiophene rings is 1. The van der Waals surface area contributed by atoms with Crippen LogP contribution in [0, 0.1) is 14.7 Å². The van der Waals surface area contributed by atoms with Crippen LogP contribution in [0.15, 0.2) is 30.4 Å². The van der Waals surface area contributed by atoms with Crippen molar-refractivity contribution in [2.75, 3.05) is 0 Å². The van der Waals surface area contributed by atoms with Crippen LogP contribution in [0.4, 0.5) is 0 Å². The lowest BCUT2D eigenvalue weighted by Crippen LogP contribution is -2.20. The maximum atomic E-state index is 10.5. The summed E-state index contributed by atoms with van der Waals surface area (Å²) in [5.74, 6) is -1.13. The number of rotatable bonds is 11. The Labute approximate surface area is 194 Å². The summed E-state index contributed by atoms with van der Waals surface area (Å²) in [4.78, 5) is 11.6. The summed E-state index contributed by atoms with van der Waals surface area (Å²) >= 11 is 10.0. The average molecular weight is 555 g/mol. The van der Waals surface area contributed by atoms with Gasteiger partial charge in [-0.3, -0.25) is 4.79 Å². The molecular weight excluding hydrogens is 527 g/mol. The molecule has 0 aliphatic heterocycles. The molecule has 2 rings (SSSR count). The first kappa shape index (κ1) is 24.8. The van der Waals surface area contributed by atoms with Crippen LogP contribution >= 0.6 is 45.5 Å². The van der Waals surface area contributed by atoms with E-state index in [1.807, 2.05) is 24.3 Å². The van der Waals surface area contributed by atoms with Gasteiger partial charge in [0.1, 0.15) is 0 Å². The van der Waals surface area contributed by atoms with E-state index in [-0.39, 0.29) is 18.3 Å². The Hall–Kier alpha value is -0.450. The lowest BCUT2D eigenvalue weighted by atomic mass is 9.89. The number of carbonyl (C=O) groups is 1. The van der Waals surface area contributed by atoms with Crippen molar-refractivity contribution in [1.29, 1.82) is 0 Å². The number of aliphatic carboxylic acids is 1. The maximum absolute atomic E-state index is 10.5. The van der Waals surface area contributed by atoms with Crippen LogP contribution in [0.1, 0.15) is 43.4 Å². The monoisotopic (exact) mass is 554 g/mol. The minimum absolute atomic E-state index is 0.113. The number of aliphatic hydroxyl groups is 3. The van der Waals surface area contributed by atoms with Gasteiger partial charge in [0.15, 0.2) is 0 Å². The second-order valence-electron chi connectivity index (χ2n) is 7.42. The Morgan fingerprint density at radius 2 is 2.10 bits per heavy atom. The molecule has 0 saturated heterocycles. The molecule has 4 N–H and O–H groups in total. The van der Waals surface area contributed by atoms with Gasteiger partial charge in [0.2, 0.25) is 0 Å². The molecule has 29 heavy (non-hydrogen) atoms. The summed E-state index contributed by atoms with van der Waals surface area (Å²) in [7, 11) is 0. The largest absolute Gasteiger partial charge is 0.481 e. The number of unbranched alkanes of at least 4 members (excludes halogenated alkanes) is 1. The highest BCUT2D eigenvalue weighted by Crippen LogP contribution is 2.36. The average Bonchev–Trinajstić information content (AvgIpc) is 3.11. The minimum Gasteiger partial charge on any atom is -0.481 e. The molecule has 0 unspecified atom stereocenters. The molecule has 0 radical (unpaired) electrons. The lowest BCUT2D eigenvalue weighted by Gasteiger charge is -2.19. The predicted molar refractivity (Wildman–Crippen MR) is 124 cm³/mol. The molecule has 5 atom stereocenters. The number of halogens is 2. The van der Waals surface area contributed by atoms with E-state index >= 15 is 0 Å². The lowest BCUT2D eigenvalue weighted by molar-refractivity contribution is -0.137. The Morgan fingerprint density at radius 3 is 2.76 bits per heavy atom.